The van der Waals surface area contributed by atoms with Crippen molar-refractivity contribution in [1.82, 2.24) is 19.6 Å². The minimum atomic E-state index is -0.00328. The average molecular weight is 491 g/mol. The van der Waals surface area contributed by atoms with E-state index in [1.165, 1.54) is 0 Å². The third kappa shape index (κ3) is 4.73. The molecule has 0 unspecified atom stereocenters. The fourth-order valence-electron chi connectivity index (χ4n) is 4.24. The molecule has 5 rings (SSSR count). The van der Waals surface area contributed by atoms with Crippen molar-refractivity contribution < 1.29 is 4.79 Å². The molecule has 1 aromatic heterocycles. The van der Waals surface area contributed by atoms with Crippen molar-refractivity contribution in [3.8, 4) is 16.9 Å². The van der Waals surface area contributed by atoms with Crippen LogP contribution in [0.5, 0.6) is 0 Å². The van der Waals surface area contributed by atoms with Crippen molar-refractivity contribution in [3.05, 3.63) is 106 Å². The van der Waals surface area contributed by atoms with Gasteiger partial charge in [0.1, 0.15) is 5.69 Å². The van der Waals surface area contributed by atoms with Gasteiger partial charge in [-0.1, -0.05) is 77.8 Å². The summed E-state index contributed by atoms with van der Waals surface area (Å²) in [5.74, 6) is -0.00328. The lowest BCUT2D eigenvalue weighted by Gasteiger charge is -2.35. The summed E-state index contributed by atoms with van der Waals surface area (Å²) < 4.78 is 1.78. The summed E-state index contributed by atoms with van der Waals surface area (Å²) in [7, 11) is 0. The summed E-state index contributed by atoms with van der Waals surface area (Å²) in [4.78, 5) is 17.8. The van der Waals surface area contributed by atoms with Gasteiger partial charge in [0.2, 0.25) is 0 Å². The summed E-state index contributed by atoms with van der Waals surface area (Å²) in [6, 6.07) is 25.3. The average Bonchev–Trinajstić information content (AvgIpc) is 3.33. The molecule has 34 heavy (non-hydrogen) atoms. The second-order valence-corrected chi connectivity index (χ2v) is 9.12. The Morgan fingerprint density at radius 3 is 2.06 bits per heavy atom. The summed E-state index contributed by atoms with van der Waals surface area (Å²) >= 11 is 12.7. The van der Waals surface area contributed by atoms with Crippen LogP contribution in [0.2, 0.25) is 10.0 Å². The fourth-order valence-corrected chi connectivity index (χ4v) is 4.76. The van der Waals surface area contributed by atoms with Crippen molar-refractivity contribution in [2.45, 2.75) is 6.54 Å². The first-order valence-corrected chi connectivity index (χ1v) is 12.0. The zero-order valence-corrected chi connectivity index (χ0v) is 20.1. The Balaban J connectivity index is 1.36. The van der Waals surface area contributed by atoms with Crippen molar-refractivity contribution in [2.75, 3.05) is 26.2 Å². The minimum Gasteiger partial charge on any atom is -0.336 e. The number of piperazine rings is 1. The van der Waals surface area contributed by atoms with E-state index in [0.717, 1.165) is 29.9 Å². The van der Waals surface area contributed by atoms with Crippen LogP contribution in [0, 0.1) is 0 Å². The third-order valence-corrected chi connectivity index (χ3v) is 6.82. The second kappa shape index (κ2) is 10.0. The Hall–Kier alpha value is -3.12. The first kappa shape index (κ1) is 22.7. The van der Waals surface area contributed by atoms with E-state index in [0.29, 0.717) is 40.9 Å². The predicted molar refractivity (Wildman–Crippen MR) is 137 cm³/mol. The van der Waals surface area contributed by atoms with Crippen LogP contribution >= 0.6 is 23.2 Å². The van der Waals surface area contributed by atoms with Gasteiger partial charge in [-0.25, -0.2) is 4.68 Å². The van der Waals surface area contributed by atoms with Gasteiger partial charge in [0.15, 0.2) is 0 Å². The first-order chi connectivity index (χ1) is 16.6. The topological polar surface area (TPSA) is 41.4 Å². The van der Waals surface area contributed by atoms with Crippen LogP contribution in [-0.2, 0) is 6.54 Å². The number of hydrogen-bond donors (Lipinski definition) is 0. The minimum absolute atomic E-state index is 0.00328. The molecular formula is C27H24Cl2N4O. The quantitative estimate of drug-likeness (QED) is 0.354. The highest BCUT2D eigenvalue weighted by molar-refractivity contribution is 6.35. The number of halogens is 2. The lowest BCUT2D eigenvalue weighted by Crippen LogP contribution is -2.48. The van der Waals surface area contributed by atoms with E-state index in [4.69, 9.17) is 28.3 Å². The SMILES string of the molecule is O=C(c1cn(-c2ccccc2)nc1-c1ccccc1)N1CCN(Cc2c(Cl)cccc2Cl)CC1. The van der Waals surface area contributed by atoms with Gasteiger partial charge in [-0.3, -0.25) is 9.69 Å². The highest BCUT2D eigenvalue weighted by atomic mass is 35.5. The third-order valence-electron chi connectivity index (χ3n) is 6.12. The fraction of sp³-hybridized carbons (Fsp3) is 0.185. The first-order valence-electron chi connectivity index (χ1n) is 11.2. The van der Waals surface area contributed by atoms with Crippen molar-refractivity contribution in [3.63, 3.8) is 0 Å². The zero-order valence-electron chi connectivity index (χ0n) is 18.6. The van der Waals surface area contributed by atoms with Gasteiger partial charge in [0.25, 0.3) is 5.91 Å². The molecule has 2 heterocycles. The van der Waals surface area contributed by atoms with Gasteiger partial charge in [0.05, 0.1) is 11.3 Å². The van der Waals surface area contributed by atoms with E-state index in [9.17, 15) is 4.79 Å². The second-order valence-electron chi connectivity index (χ2n) is 8.31. The van der Waals surface area contributed by atoms with E-state index in [2.05, 4.69) is 4.90 Å². The Morgan fingerprint density at radius 1 is 0.794 bits per heavy atom. The smallest absolute Gasteiger partial charge is 0.257 e. The molecule has 0 N–H and O–H groups in total. The number of aromatic nitrogens is 2. The van der Waals surface area contributed by atoms with E-state index in [1.807, 2.05) is 90.0 Å². The molecule has 1 aliphatic rings. The van der Waals surface area contributed by atoms with E-state index in [-0.39, 0.29) is 5.91 Å². The van der Waals surface area contributed by atoms with E-state index < -0.39 is 0 Å². The molecule has 1 saturated heterocycles. The van der Waals surface area contributed by atoms with E-state index in [1.54, 1.807) is 4.68 Å². The molecule has 0 bridgehead atoms. The van der Waals surface area contributed by atoms with Crippen molar-refractivity contribution in [1.29, 1.82) is 0 Å². The Morgan fingerprint density at radius 2 is 1.41 bits per heavy atom. The maximum Gasteiger partial charge on any atom is 0.257 e. The van der Waals surface area contributed by atoms with Crippen LogP contribution < -0.4 is 0 Å². The Labute approximate surface area is 209 Å². The van der Waals surface area contributed by atoms with Crippen LogP contribution in [0.1, 0.15) is 15.9 Å². The van der Waals surface area contributed by atoms with Gasteiger partial charge in [-0.2, -0.15) is 5.10 Å². The number of benzene rings is 3. The number of amides is 1. The highest BCUT2D eigenvalue weighted by Crippen LogP contribution is 2.28. The number of rotatable bonds is 5. The van der Waals surface area contributed by atoms with E-state index >= 15 is 0 Å². The molecule has 1 fully saturated rings. The summed E-state index contributed by atoms with van der Waals surface area (Å²) in [6.45, 7) is 3.43. The largest absolute Gasteiger partial charge is 0.336 e. The molecule has 7 heteroatoms. The zero-order chi connectivity index (χ0) is 23.5. The lowest BCUT2D eigenvalue weighted by atomic mass is 10.1. The maximum atomic E-state index is 13.6. The molecule has 0 aliphatic carbocycles. The van der Waals surface area contributed by atoms with Crippen LogP contribution in [0.4, 0.5) is 0 Å². The van der Waals surface area contributed by atoms with Crippen LogP contribution in [-0.4, -0.2) is 51.7 Å². The molecule has 0 atom stereocenters. The normalized spacial score (nSPS) is 14.4. The molecule has 0 spiro atoms. The van der Waals surface area contributed by atoms with Gasteiger partial charge < -0.3 is 4.90 Å². The number of hydrogen-bond acceptors (Lipinski definition) is 3. The molecule has 5 nitrogen and oxygen atoms in total. The van der Waals surface area contributed by atoms with Crippen molar-refractivity contribution in [2.24, 2.45) is 0 Å². The van der Waals surface area contributed by atoms with Gasteiger partial charge in [-0.15, -0.1) is 0 Å². The molecule has 0 saturated carbocycles. The van der Waals surface area contributed by atoms with Gasteiger partial charge in [0, 0.05) is 60.1 Å². The Kier molecular flexibility index (Phi) is 6.68. The summed E-state index contributed by atoms with van der Waals surface area (Å²) in [5, 5.41) is 6.13. The summed E-state index contributed by atoms with van der Waals surface area (Å²) in [6.07, 6.45) is 1.84. The summed E-state index contributed by atoms with van der Waals surface area (Å²) in [5.41, 5.74) is 4.08. The number of nitrogens with zero attached hydrogens (tertiary/aromatic N) is 4. The highest BCUT2D eigenvalue weighted by Gasteiger charge is 2.27. The number of para-hydroxylation sites is 1. The van der Waals surface area contributed by atoms with Crippen LogP contribution in [0.25, 0.3) is 16.9 Å². The lowest BCUT2D eigenvalue weighted by molar-refractivity contribution is 0.0629. The molecule has 1 aliphatic heterocycles. The molecule has 0 radical (unpaired) electrons. The monoisotopic (exact) mass is 490 g/mol. The van der Waals surface area contributed by atoms with Gasteiger partial charge >= 0.3 is 0 Å². The molecule has 172 valence electrons. The van der Waals surface area contributed by atoms with Crippen LogP contribution in [0.3, 0.4) is 0 Å². The standard InChI is InChI=1S/C27H24Cl2N4O/c28-24-12-7-13-25(29)22(24)18-31-14-16-32(17-15-31)27(34)23-19-33(21-10-5-2-6-11-21)30-26(23)20-8-3-1-4-9-20/h1-13,19H,14-18H2. The maximum absolute atomic E-state index is 13.6. The predicted octanol–water partition coefficient (Wildman–Crippen LogP) is 5.80. The molecule has 1 amide bonds. The Bertz CT molecular complexity index is 1260. The molecule has 3 aromatic carbocycles. The van der Waals surface area contributed by atoms with Crippen molar-refractivity contribution >= 4 is 29.1 Å². The van der Waals surface area contributed by atoms with Gasteiger partial charge in [-0.05, 0) is 24.3 Å². The number of carbonyl (C=O) groups excluding carboxylic acids is 1. The number of carbonyl (C=O) groups is 1. The molecule has 4 aromatic rings. The van der Waals surface area contributed by atoms with Crippen LogP contribution in [0.15, 0.2) is 85.1 Å². The molecular weight excluding hydrogens is 467 g/mol.